The fraction of sp³-hybridized carbons (Fsp3) is 0.727. The van der Waals surface area contributed by atoms with Gasteiger partial charge in [-0.2, -0.15) is 5.10 Å². The van der Waals surface area contributed by atoms with Gasteiger partial charge in [0.2, 0.25) is 0 Å². The summed E-state index contributed by atoms with van der Waals surface area (Å²) in [6, 6.07) is 1.90. The summed E-state index contributed by atoms with van der Waals surface area (Å²) in [4.78, 5) is 0. The van der Waals surface area contributed by atoms with Crippen molar-refractivity contribution in [2.24, 2.45) is 0 Å². The molecule has 2 rings (SSSR count). The highest BCUT2D eigenvalue weighted by Gasteiger charge is 2.47. The number of nitrogen functional groups attached to an aromatic ring is 1. The summed E-state index contributed by atoms with van der Waals surface area (Å²) in [7, 11) is 0. The van der Waals surface area contributed by atoms with Crippen LogP contribution in [0.3, 0.4) is 0 Å². The number of H-pyrrole nitrogens is 1. The van der Waals surface area contributed by atoms with Crippen LogP contribution in [-0.4, -0.2) is 21.4 Å². The molecule has 15 heavy (non-hydrogen) atoms. The number of rotatable bonds is 1. The van der Waals surface area contributed by atoms with E-state index in [2.05, 4.69) is 37.9 Å². The fourth-order valence-electron chi connectivity index (χ4n) is 2.58. The van der Waals surface area contributed by atoms with Crippen LogP contribution in [-0.2, 0) is 4.74 Å². The van der Waals surface area contributed by atoms with Gasteiger partial charge in [0, 0.05) is 17.7 Å². The molecule has 0 aromatic carbocycles. The second-order valence-corrected chi connectivity index (χ2v) is 5.47. The topological polar surface area (TPSA) is 63.9 Å². The minimum absolute atomic E-state index is 0.0754. The van der Waals surface area contributed by atoms with Crippen LogP contribution in [0.2, 0.25) is 0 Å². The van der Waals surface area contributed by atoms with Crippen LogP contribution in [0.4, 0.5) is 5.82 Å². The Labute approximate surface area is 90.2 Å². The Bertz CT molecular complexity index is 368. The number of nitrogens with zero attached hydrogens (tertiary/aromatic N) is 1. The zero-order valence-electron chi connectivity index (χ0n) is 9.79. The molecule has 0 saturated carbocycles. The summed E-state index contributed by atoms with van der Waals surface area (Å²) < 4.78 is 6.02. The summed E-state index contributed by atoms with van der Waals surface area (Å²) in [5.74, 6) is 0.878. The van der Waals surface area contributed by atoms with Crippen molar-refractivity contribution in [1.29, 1.82) is 0 Å². The second-order valence-electron chi connectivity index (χ2n) is 5.47. The van der Waals surface area contributed by atoms with E-state index < -0.39 is 0 Å². The van der Waals surface area contributed by atoms with Crippen LogP contribution < -0.4 is 5.73 Å². The maximum atomic E-state index is 6.02. The summed E-state index contributed by atoms with van der Waals surface area (Å²) in [5.41, 5.74) is 6.45. The normalized spacial score (nSPS) is 28.1. The number of nitrogens with one attached hydrogen (secondary N) is 1. The molecule has 3 N–H and O–H groups in total. The number of anilines is 1. The third-order valence-electron chi connectivity index (χ3n) is 3.07. The Balaban J connectivity index is 2.30. The van der Waals surface area contributed by atoms with Gasteiger partial charge in [0.1, 0.15) is 5.82 Å². The van der Waals surface area contributed by atoms with Crippen LogP contribution in [0.5, 0.6) is 0 Å². The Hall–Kier alpha value is -1.03. The van der Waals surface area contributed by atoms with Crippen LogP contribution in [0.1, 0.15) is 45.7 Å². The van der Waals surface area contributed by atoms with Crippen LogP contribution >= 0.6 is 0 Å². The highest BCUT2D eigenvalue weighted by atomic mass is 16.5. The Kier molecular flexibility index (Phi) is 2.08. The molecular weight excluding hydrogens is 190 g/mol. The molecular formula is C11H19N3O. The molecule has 0 spiro atoms. The van der Waals surface area contributed by atoms with Crippen LogP contribution in [0.15, 0.2) is 6.07 Å². The predicted octanol–water partition coefficient (Wildman–Crippen LogP) is 2.05. The van der Waals surface area contributed by atoms with Crippen molar-refractivity contribution in [1.82, 2.24) is 10.2 Å². The third-order valence-corrected chi connectivity index (χ3v) is 3.07. The number of nitrogens with two attached hydrogens (primary N) is 1. The Morgan fingerprint density at radius 3 is 2.53 bits per heavy atom. The van der Waals surface area contributed by atoms with Crippen LogP contribution in [0, 0.1) is 0 Å². The standard InChI is InChI=1S/C11H19N3O/c1-10(2)6-7(11(3,4)15-10)8-5-9(12)14-13-8/h5,7H,6H2,1-4H3,(H3,12,13,14). The Morgan fingerprint density at radius 1 is 1.47 bits per heavy atom. The average Bonchev–Trinajstić information content (AvgIpc) is 2.52. The summed E-state index contributed by atoms with van der Waals surface area (Å²) >= 11 is 0. The van der Waals surface area contributed by atoms with Crippen molar-refractivity contribution in [2.45, 2.75) is 51.2 Å². The van der Waals surface area contributed by atoms with E-state index in [0.29, 0.717) is 11.7 Å². The second kappa shape index (κ2) is 2.98. The number of aromatic amines is 1. The number of hydrogen-bond donors (Lipinski definition) is 2. The molecule has 1 aliphatic rings. The zero-order valence-corrected chi connectivity index (χ0v) is 9.79. The van der Waals surface area contributed by atoms with Gasteiger partial charge in [0.05, 0.1) is 11.2 Å². The van der Waals surface area contributed by atoms with E-state index in [1.807, 2.05) is 6.07 Å². The number of hydrogen-bond acceptors (Lipinski definition) is 3. The van der Waals surface area contributed by atoms with E-state index in [1.165, 1.54) is 0 Å². The quantitative estimate of drug-likeness (QED) is 0.744. The fourth-order valence-corrected chi connectivity index (χ4v) is 2.58. The third kappa shape index (κ3) is 1.86. The van der Waals surface area contributed by atoms with E-state index in [-0.39, 0.29) is 11.2 Å². The maximum Gasteiger partial charge on any atom is 0.145 e. The largest absolute Gasteiger partial charge is 0.382 e. The summed E-state index contributed by atoms with van der Waals surface area (Å²) in [6.45, 7) is 8.47. The highest BCUT2D eigenvalue weighted by Crippen LogP contribution is 2.47. The summed E-state index contributed by atoms with van der Waals surface area (Å²) in [6.07, 6.45) is 0.988. The van der Waals surface area contributed by atoms with Crippen molar-refractivity contribution in [3.63, 3.8) is 0 Å². The minimum Gasteiger partial charge on any atom is -0.382 e. The van der Waals surface area contributed by atoms with E-state index in [1.54, 1.807) is 0 Å². The molecule has 4 heteroatoms. The first kappa shape index (κ1) is 10.5. The zero-order chi connectivity index (χ0) is 11.3. The van der Waals surface area contributed by atoms with Gasteiger partial charge in [-0.25, -0.2) is 0 Å². The van der Waals surface area contributed by atoms with E-state index in [4.69, 9.17) is 10.5 Å². The molecule has 1 aromatic rings. The van der Waals surface area contributed by atoms with Crippen molar-refractivity contribution >= 4 is 5.82 Å². The van der Waals surface area contributed by atoms with Crippen molar-refractivity contribution in [2.75, 3.05) is 5.73 Å². The molecule has 0 radical (unpaired) electrons. The number of ether oxygens (including phenoxy) is 1. The van der Waals surface area contributed by atoms with Crippen LogP contribution in [0.25, 0.3) is 0 Å². The van der Waals surface area contributed by atoms with Gasteiger partial charge in [-0.15, -0.1) is 0 Å². The van der Waals surface area contributed by atoms with Gasteiger partial charge < -0.3 is 10.5 Å². The molecule has 1 aliphatic heterocycles. The van der Waals surface area contributed by atoms with Gasteiger partial charge in [-0.05, 0) is 34.1 Å². The summed E-state index contributed by atoms with van der Waals surface area (Å²) in [5, 5.41) is 6.96. The molecule has 1 saturated heterocycles. The van der Waals surface area contributed by atoms with E-state index in [0.717, 1.165) is 12.1 Å². The molecule has 0 aliphatic carbocycles. The lowest BCUT2D eigenvalue weighted by atomic mass is 9.85. The molecule has 1 unspecified atom stereocenters. The highest BCUT2D eigenvalue weighted by molar-refractivity contribution is 5.32. The van der Waals surface area contributed by atoms with Gasteiger partial charge in [0.15, 0.2) is 0 Å². The van der Waals surface area contributed by atoms with Crippen molar-refractivity contribution in [3.8, 4) is 0 Å². The monoisotopic (exact) mass is 209 g/mol. The maximum absolute atomic E-state index is 6.02. The molecule has 1 aromatic heterocycles. The van der Waals surface area contributed by atoms with E-state index in [9.17, 15) is 0 Å². The van der Waals surface area contributed by atoms with E-state index >= 15 is 0 Å². The first-order chi connectivity index (χ1) is 6.80. The lowest BCUT2D eigenvalue weighted by Gasteiger charge is -2.26. The first-order valence-electron chi connectivity index (χ1n) is 5.31. The van der Waals surface area contributed by atoms with Gasteiger partial charge in [-0.3, -0.25) is 5.10 Å². The Morgan fingerprint density at radius 2 is 2.13 bits per heavy atom. The molecule has 84 valence electrons. The smallest absolute Gasteiger partial charge is 0.145 e. The molecule has 1 atom stereocenters. The lowest BCUT2D eigenvalue weighted by molar-refractivity contribution is -0.0683. The average molecular weight is 209 g/mol. The minimum atomic E-state index is -0.164. The predicted molar refractivity (Wildman–Crippen MR) is 59.6 cm³/mol. The first-order valence-corrected chi connectivity index (χ1v) is 5.31. The lowest BCUT2D eigenvalue weighted by Crippen LogP contribution is -2.28. The van der Waals surface area contributed by atoms with Gasteiger partial charge in [0.25, 0.3) is 0 Å². The van der Waals surface area contributed by atoms with Crippen molar-refractivity contribution in [3.05, 3.63) is 11.8 Å². The van der Waals surface area contributed by atoms with Crippen molar-refractivity contribution < 1.29 is 4.74 Å². The number of aromatic nitrogens is 2. The molecule has 0 bridgehead atoms. The molecule has 2 heterocycles. The molecule has 0 amide bonds. The molecule has 1 fully saturated rings. The molecule has 4 nitrogen and oxygen atoms in total. The van der Waals surface area contributed by atoms with Gasteiger partial charge in [-0.1, -0.05) is 0 Å². The van der Waals surface area contributed by atoms with Gasteiger partial charge >= 0.3 is 0 Å². The SMILES string of the molecule is CC1(C)CC(c2cc(N)n[nH]2)C(C)(C)O1.